The molecule has 0 N–H and O–H groups in total. The van der Waals surface area contributed by atoms with Crippen LogP contribution in [0.5, 0.6) is 11.5 Å². The third-order valence-electron chi connectivity index (χ3n) is 5.39. The van der Waals surface area contributed by atoms with Crippen molar-refractivity contribution < 1.29 is 9.47 Å². The number of hydrogen-bond acceptors (Lipinski definition) is 2. The topological polar surface area (TPSA) is 18.5 Å². The third-order valence-corrected chi connectivity index (χ3v) is 6.70. The molecule has 0 bridgehead atoms. The van der Waals surface area contributed by atoms with Gasteiger partial charge in [0.25, 0.3) is 0 Å². The van der Waals surface area contributed by atoms with Crippen LogP contribution in [-0.4, -0.2) is 22.0 Å². The fourth-order valence-corrected chi connectivity index (χ4v) is 5.34. The van der Waals surface area contributed by atoms with Crippen LogP contribution in [0.1, 0.15) is 49.1 Å². The summed E-state index contributed by atoms with van der Waals surface area (Å²) in [6.07, 6.45) is 11.1. The molecule has 2 aromatic carbocycles. The molecule has 0 aliphatic carbocycles. The summed E-state index contributed by atoms with van der Waals surface area (Å²) in [6, 6.07) is 18.5. The summed E-state index contributed by atoms with van der Waals surface area (Å²) in [5, 5.41) is 0. The molecule has 2 rings (SSSR count). The molecule has 0 spiro atoms. The first-order valence-electron chi connectivity index (χ1n) is 11.6. The Hall–Kier alpha value is -2.26. The fourth-order valence-electron chi connectivity index (χ4n) is 3.91. The molecule has 0 fully saturated rings. The monoisotopic (exact) mass is 435 g/mol. The molecule has 3 heteroatoms. The lowest BCUT2D eigenvalue weighted by Crippen LogP contribution is -2.09. The maximum atomic E-state index is 5.76. The second-order valence-electron chi connectivity index (χ2n) is 8.48. The van der Waals surface area contributed by atoms with Gasteiger partial charge in [-0.2, -0.15) is 0 Å². The van der Waals surface area contributed by atoms with Crippen molar-refractivity contribution in [2.24, 2.45) is 0 Å². The van der Waals surface area contributed by atoms with Crippen molar-refractivity contribution in [3.05, 3.63) is 85.0 Å². The van der Waals surface area contributed by atoms with Crippen LogP contribution in [0.2, 0.25) is 19.1 Å². The Morgan fingerprint density at radius 3 is 2.16 bits per heavy atom. The van der Waals surface area contributed by atoms with Crippen LogP contribution in [0.25, 0.3) is 0 Å². The number of aryl methyl sites for hydroxylation is 1. The summed E-state index contributed by atoms with van der Waals surface area (Å²) in [5.74, 6) is 2.55. The Morgan fingerprint density at radius 1 is 0.839 bits per heavy atom. The van der Waals surface area contributed by atoms with Crippen molar-refractivity contribution >= 4 is 8.80 Å². The van der Waals surface area contributed by atoms with Gasteiger partial charge in [-0.25, -0.2) is 0 Å². The van der Waals surface area contributed by atoms with Crippen LogP contribution in [-0.2, 0) is 6.42 Å². The average Bonchev–Trinajstić information content (AvgIpc) is 2.78. The number of unbranched alkanes of at least 4 members (excludes halogenated alkanes) is 3. The van der Waals surface area contributed by atoms with E-state index in [1.807, 2.05) is 12.1 Å². The highest BCUT2D eigenvalue weighted by Gasteiger charge is 2.14. The Labute approximate surface area is 191 Å². The highest BCUT2D eigenvalue weighted by molar-refractivity contribution is 6.55. The van der Waals surface area contributed by atoms with E-state index in [4.69, 9.17) is 9.47 Å². The predicted molar refractivity (Wildman–Crippen MR) is 136 cm³/mol. The van der Waals surface area contributed by atoms with E-state index in [1.54, 1.807) is 12.2 Å². The molecular formula is C28H39O2Si. The Bertz CT molecular complexity index is 784. The van der Waals surface area contributed by atoms with Gasteiger partial charge in [-0.15, -0.1) is 0 Å². The van der Waals surface area contributed by atoms with Crippen LogP contribution in [0, 0.1) is 0 Å². The summed E-state index contributed by atoms with van der Waals surface area (Å²) >= 11 is 0. The second kappa shape index (κ2) is 14.7. The summed E-state index contributed by atoms with van der Waals surface area (Å²) in [6.45, 7) is 13.4. The first-order chi connectivity index (χ1) is 15.1. The largest absolute Gasteiger partial charge is 0.490 e. The zero-order chi connectivity index (χ0) is 22.3. The SMILES string of the molecule is C=CCOc1cccc(CCCCCCC(C[Si](C)C)c2cccc(OCC=C)c2)c1. The molecule has 1 atom stereocenters. The number of rotatable bonds is 16. The van der Waals surface area contributed by atoms with Gasteiger partial charge >= 0.3 is 0 Å². The van der Waals surface area contributed by atoms with E-state index in [1.165, 1.54) is 49.3 Å². The second-order valence-corrected chi connectivity index (χ2v) is 11.3. The van der Waals surface area contributed by atoms with E-state index in [-0.39, 0.29) is 8.80 Å². The van der Waals surface area contributed by atoms with Crippen LogP contribution < -0.4 is 9.47 Å². The minimum Gasteiger partial charge on any atom is -0.490 e. The van der Waals surface area contributed by atoms with E-state index in [9.17, 15) is 0 Å². The number of hydrogen-bond donors (Lipinski definition) is 0. The van der Waals surface area contributed by atoms with Crippen molar-refractivity contribution in [3.63, 3.8) is 0 Å². The quantitative estimate of drug-likeness (QED) is 0.152. The Kier molecular flexibility index (Phi) is 11.8. The molecule has 2 nitrogen and oxygen atoms in total. The molecule has 0 amide bonds. The average molecular weight is 436 g/mol. The van der Waals surface area contributed by atoms with Gasteiger partial charge in [-0.1, -0.05) is 88.0 Å². The van der Waals surface area contributed by atoms with Gasteiger partial charge in [0.1, 0.15) is 24.7 Å². The highest BCUT2D eigenvalue weighted by Crippen LogP contribution is 2.30. The van der Waals surface area contributed by atoms with E-state index in [2.05, 4.69) is 62.7 Å². The third kappa shape index (κ3) is 10.1. The minimum absolute atomic E-state index is 0.278. The van der Waals surface area contributed by atoms with Gasteiger partial charge in [0, 0.05) is 8.80 Å². The van der Waals surface area contributed by atoms with Crippen molar-refractivity contribution in [2.75, 3.05) is 13.2 Å². The van der Waals surface area contributed by atoms with Gasteiger partial charge in [0.15, 0.2) is 0 Å². The summed E-state index contributed by atoms with van der Waals surface area (Å²) < 4.78 is 11.4. The standard InChI is InChI=1S/C28H39O2Si/c1-5-19-29-27-17-11-14-24(21-27)13-9-7-8-10-15-26(23-31(3)4)25-16-12-18-28(22-25)30-20-6-2/h5-6,11-12,14,16-18,21-22,26H,1-2,7-10,13,15,19-20,23H2,3-4H3. The smallest absolute Gasteiger partial charge is 0.120 e. The van der Waals surface area contributed by atoms with Crippen LogP contribution >= 0.6 is 0 Å². The summed E-state index contributed by atoms with van der Waals surface area (Å²) in [4.78, 5) is 0. The lowest BCUT2D eigenvalue weighted by atomic mass is 9.94. The first kappa shape index (κ1) is 25.0. The summed E-state index contributed by atoms with van der Waals surface area (Å²) in [5.41, 5.74) is 2.80. The van der Waals surface area contributed by atoms with Crippen molar-refractivity contribution in [3.8, 4) is 11.5 Å². The number of ether oxygens (including phenoxy) is 2. The predicted octanol–water partition coefficient (Wildman–Crippen LogP) is 7.85. The van der Waals surface area contributed by atoms with Gasteiger partial charge in [0.2, 0.25) is 0 Å². The molecule has 0 saturated heterocycles. The van der Waals surface area contributed by atoms with Gasteiger partial charge in [-0.05, 0) is 60.6 Å². The summed E-state index contributed by atoms with van der Waals surface area (Å²) in [7, 11) is -0.278. The van der Waals surface area contributed by atoms with Crippen LogP contribution in [0.4, 0.5) is 0 Å². The van der Waals surface area contributed by atoms with Crippen LogP contribution in [0.3, 0.4) is 0 Å². The molecule has 1 unspecified atom stereocenters. The van der Waals surface area contributed by atoms with Crippen molar-refractivity contribution in [2.45, 2.75) is 63.6 Å². The molecule has 0 saturated carbocycles. The van der Waals surface area contributed by atoms with E-state index in [0.29, 0.717) is 19.1 Å². The molecule has 0 aliphatic rings. The molecular weight excluding hydrogens is 396 g/mol. The Balaban J connectivity index is 1.77. The molecule has 0 aromatic heterocycles. The Morgan fingerprint density at radius 2 is 1.48 bits per heavy atom. The molecule has 0 aliphatic heterocycles. The first-order valence-corrected chi connectivity index (χ1v) is 14.3. The van der Waals surface area contributed by atoms with Crippen molar-refractivity contribution in [1.82, 2.24) is 0 Å². The lowest BCUT2D eigenvalue weighted by molar-refractivity contribution is 0.362. The minimum atomic E-state index is -0.278. The molecule has 167 valence electrons. The fraction of sp³-hybridized carbons (Fsp3) is 0.429. The molecule has 31 heavy (non-hydrogen) atoms. The maximum Gasteiger partial charge on any atom is 0.120 e. The van der Waals surface area contributed by atoms with E-state index in [0.717, 1.165) is 17.9 Å². The highest BCUT2D eigenvalue weighted by atomic mass is 28.3. The van der Waals surface area contributed by atoms with Crippen molar-refractivity contribution in [1.29, 1.82) is 0 Å². The zero-order valence-electron chi connectivity index (χ0n) is 19.4. The molecule has 0 heterocycles. The zero-order valence-corrected chi connectivity index (χ0v) is 20.4. The lowest BCUT2D eigenvalue weighted by Gasteiger charge is -2.20. The van der Waals surface area contributed by atoms with Crippen LogP contribution in [0.15, 0.2) is 73.8 Å². The van der Waals surface area contributed by atoms with E-state index < -0.39 is 0 Å². The molecule has 2 aromatic rings. The van der Waals surface area contributed by atoms with Gasteiger partial charge in [0.05, 0.1) is 0 Å². The van der Waals surface area contributed by atoms with Gasteiger partial charge < -0.3 is 9.47 Å². The van der Waals surface area contributed by atoms with E-state index >= 15 is 0 Å². The number of benzene rings is 2. The molecule has 1 radical (unpaired) electrons. The maximum absolute atomic E-state index is 5.76. The van der Waals surface area contributed by atoms with Gasteiger partial charge in [-0.3, -0.25) is 0 Å². The normalized spacial score (nSPS) is 11.8.